The van der Waals surface area contributed by atoms with Crippen molar-refractivity contribution in [2.75, 3.05) is 11.5 Å². The number of allylic oxidation sites excluding steroid dienone is 2. The van der Waals surface area contributed by atoms with Crippen LogP contribution >= 0.6 is 23.4 Å². The summed E-state index contributed by atoms with van der Waals surface area (Å²) in [6, 6.07) is 13.6. The summed E-state index contributed by atoms with van der Waals surface area (Å²) in [6.45, 7) is 0. The van der Waals surface area contributed by atoms with Gasteiger partial charge in [-0.15, -0.1) is 0 Å². The maximum absolute atomic E-state index is 9.72. The van der Waals surface area contributed by atoms with Gasteiger partial charge in [0.25, 0.3) is 0 Å². The average molecular weight is 353 g/mol. The van der Waals surface area contributed by atoms with Gasteiger partial charge in [-0.25, -0.2) is 0 Å². The van der Waals surface area contributed by atoms with Gasteiger partial charge in [-0.05, 0) is 17.2 Å². The van der Waals surface area contributed by atoms with Crippen LogP contribution in [0.3, 0.4) is 0 Å². The summed E-state index contributed by atoms with van der Waals surface area (Å²) in [5.74, 6) is 0.953. The second-order valence-electron chi connectivity index (χ2n) is 5.72. The summed E-state index contributed by atoms with van der Waals surface area (Å²) in [6.07, 6.45) is 1.91. The van der Waals surface area contributed by atoms with E-state index in [0.29, 0.717) is 16.3 Å². The Hall–Kier alpha value is -2.39. The molecule has 1 aromatic carbocycles. The fraction of sp³-hybridized carbons (Fsp3) is 0.278. The van der Waals surface area contributed by atoms with Crippen LogP contribution in [0.25, 0.3) is 0 Å². The lowest BCUT2D eigenvalue weighted by Gasteiger charge is -2.42. The van der Waals surface area contributed by atoms with Crippen LogP contribution < -0.4 is 5.73 Å². The van der Waals surface area contributed by atoms with Crippen LogP contribution in [-0.2, 0) is 0 Å². The predicted molar refractivity (Wildman–Crippen MR) is 93.6 cm³/mol. The van der Waals surface area contributed by atoms with Crippen LogP contribution in [0.15, 0.2) is 47.2 Å². The predicted octanol–water partition coefficient (Wildman–Crippen LogP) is 3.50. The number of nitrogens with two attached hydrogens (primary N) is 1. The molecular formula is C18H13ClN4S. The van der Waals surface area contributed by atoms with Crippen molar-refractivity contribution in [3.8, 4) is 18.2 Å². The number of halogens is 1. The van der Waals surface area contributed by atoms with Crippen LogP contribution in [0.1, 0.15) is 11.5 Å². The Bertz CT molecular complexity index is 868. The molecule has 0 saturated heterocycles. The van der Waals surface area contributed by atoms with Crippen molar-refractivity contribution >= 4 is 23.4 Å². The van der Waals surface area contributed by atoms with Gasteiger partial charge in [0.2, 0.25) is 5.41 Å². The number of hydrogen-bond donors (Lipinski definition) is 1. The lowest BCUT2D eigenvalue weighted by atomic mass is 9.61. The highest BCUT2D eigenvalue weighted by atomic mass is 35.5. The number of fused-ring (bicyclic) bond motifs is 1. The molecular weight excluding hydrogens is 340 g/mol. The van der Waals surface area contributed by atoms with E-state index in [0.717, 1.165) is 11.3 Å². The Balaban J connectivity index is 2.34. The van der Waals surface area contributed by atoms with E-state index in [9.17, 15) is 15.8 Å². The molecule has 0 amide bonds. The minimum Gasteiger partial charge on any atom is -0.399 e. The number of hydrogen-bond acceptors (Lipinski definition) is 5. The molecule has 0 radical (unpaired) electrons. The molecule has 4 nitrogen and oxygen atoms in total. The minimum atomic E-state index is -1.56. The van der Waals surface area contributed by atoms with Gasteiger partial charge < -0.3 is 5.73 Å². The van der Waals surface area contributed by atoms with Crippen molar-refractivity contribution in [1.82, 2.24) is 0 Å². The first-order valence-corrected chi connectivity index (χ1v) is 8.89. The fourth-order valence-corrected chi connectivity index (χ4v) is 4.83. The van der Waals surface area contributed by atoms with Gasteiger partial charge in [0.15, 0.2) is 0 Å². The molecule has 6 heteroatoms. The highest BCUT2D eigenvalue weighted by molar-refractivity contribution is 7.99. The lowest BCUT2D eigenvalue weighted by molar-refractivity contribution is 0.476. The zero-order valence-electron chi connectivity index (χ0n) is 12.7. The van der Waals surface area contributed by atoms with Gasteiger partial charge in [0, 0.05) is 28.4 Å². The van der Waals surface area contributed by atoms with Crippen molar-refractivity contribution in [3.63, 3.8) is 0 Å². The number of benzene rings is 1. The summed E-state index contributed by atoms with van der Waals surface area (Å²) in [7, 11) is 0. The van der Waals surface area contributed by atoms with Gasteiger partial charge in [-0.2, -0.15) is 27.5 Å². The molecule has 24 heavy (non-hydrogen) atoms. The Kier molecular flexibility index (Phi) is 4.29. The molecule has 1 aliphatic carbocycles. The van der Waals surface area contributed by atoms with Gasteiger partial charge >= 0.3 is 0 Å². The summed E-state index contributed by atoms with van der Waals surface area (Å²) < 4.78 is 0. The molecule has 2 atom stereocenters. The first-order chi connectivity index (χ1) is 11.6. The van der Waals surface area contributed by atoms with E-state index in [1.54, 1.807) is 17.8 Å². The SMILES string of the molecule is N#CC1=C(N)C(C#N)(C#N)C2=CCSC[C@@H]2[C@@H]1c1ccccc1Cl. The molecule has 0 unspecified atom stereocenters. The van der Waals surface area contributed by atoms with Crippen molar-refractivity contribution in [1.29, 1.82) is 15.8 Å². The van der Waals surface area contributed by atoms with Crippen molar-refractivity contribution in [3.05, 3.63) is 57.8 Å². The molecule has 118 valence electrons. The second kappa shape index (κ2) is 6.25. The first-order valence-electron chi connectivity index (χ1n) is 7.36. The Morgan fingerprint density at radius 3 is 2.54 bits per heavy atom. The average Bonchev–Trinajstić information content (AvgIpc) is 2.62. The molecule has 2 aliphatic rings. The Labute approximate surface area is 149 Å². The number of thioether (sulfide) groups is 1. The molecule has 2 N–H and O–H groups in total. The molecule has 1 aliphatic heterocycles. The number of rotatable bonds is 1. The van der Waals surface area contributed by atoms with Gasteiger partial charge in [0.05, 0.1) is 29.5 Å². The zero-order valence-corrected chi connectivity index (χ0v) is 14.2. The molecule has 0 saturated carbocycles. The second-order valence-corrected chi connectivity index (χ2v) is 7.20. The van der Waals surface area contributed by atoms with E-state index in [4.69, 9.17) is 17.3 Å². The van der Waals surface area contributed by atoms with Gasteiger partial charge in [-0.1, -0.05) is 35.9 Å². The topological polar surface area (TPSA) is 97.4 Å². The molecule has 0 spiro atoms. The van der Waals surface area contributed by atoms with E-state index in [1.165, 1.54) is 0 Å². The monoisotopic (exact) mass is 352 g/mol. The standard InChI is InChI=1S/C18H13ClN4S/c19-15-4-2-1-3-11(15)16-12(7-20)17(23)18(9-21,10-22)14-5-6-24-8-13(14)16/h1-5,13,16H,6,8,23H2/t13-,16+/m0/s1. The maximum atomic E-state index is 9.72. The third-order valence-electron chi connectivity index (χ3n) is 4.65. The largest absolute Gasteiger partial charge is 0.399 e. The highest BCUT2D eigenvalue weighted by Crippen LogP contribution is 2.54. The van der Waals surface area contributed by atoms with Crippen LogP contribution in [0.5, 0.6) is 0 Å². The lowest BCUT2D eigenvalue weighted by Crippen LogP contribution is -2.41. The van der Waals surface area contributed by atoms with Gasteiger partial charge in [-0.3, -0.25) is 0 Å². The summed E-state index contributed by atoms with van der Waals surface area (Å²) >= 11 is 8.08. The third kappa shape index (κ3) is 2.20. The fourth-order valence-electron chi connectivity index (χ4n) is 3.52. The third-order valence-corrected chi connectivity index (χ3v) is 6.00. The van der Waals surface area contributed by atoms with Crippen LogP contribution in [0.4, 0.5) is 0 Å². The van der Waals surface area contributed by atoms with Crippen molar-refractivity contribution < 1.29 is 0 Å². The summed E-state index contributed by atoms with van der Waals surface area (Å²) in [5.41, 5.74) is 6.45. The molecule has 1 aromatic rings. The Morgan fingerprint density at radius 2 is 1.92 bits per heavy atom. The van der Waals surface area contributed by atoms with Crippen LogP contribution in [0, 0.1) is 45.3 Å². The smallest absolute Gasteiger partial charge is 0.204 e. The molecule has 1 heterocycles. The van der Waals surface area contributed by atoms with Crippen LogP contribution in [-0.4, -0.2) is 11.5 Å². The molecule has 0 fully saturated rings. The Morgan fingerprint density at radius 1 is 1.21 bits per heavy atom. The zero-order chi connectivity index (χ0) is 17.3. The number of nitriles is 3. The quantitative estimate of drug-likeness (QED) is 0.780. The van der Waals surface area contributed by atoms with Crippen molar-refractivity contribution in [2.45, 2.75) is 5.92 Å². The maximum Gasteiger partial charge on any atom is 0.204 e. The molecule has 3 rings (SSSR count). The van der Waals surface area contributed by atoms with Gasteiger partial charge in [0.1, 0.15) is 0 Å². The highest BCUT2D eigenvalue weighted by Gasteiger charge is 2.52. The van der Waals surface area contributed by atoms with E-state index >= 15 is 0 Å². The normalized spacial score (nSPS) is 24.8. The van der Waals surface area contributed by atoms with E-state index in [1.807, 2.05) is 24.3 Å². The summed E-state index contributed by atoms with van der Waals surface area (Å²) in [4.78, 5) is 0. The van der Waals surface area contributed by atoms with Crippen LogP contribution in [0.2, 0.25) is 5.02 Å². The van der Waals surface area contributed by atoms with E-state index in [-0.39, 0.29) is 23.1 Å². The number of nitrogens with zero attached hydrogens (tertiary/aromatic N) is 3. The van der Waals surface area contributed by atoms with E-state index in [2.05, 4.69) is 18.2 Å². The molecule has 0 aromatic heterocycles. The minimum absolute atomic E-state index is 0.0364. The summed E-state index contributed by atoms with van der Waals surface area (Å²) in [5, 5.41) is 29.7. The first kappa shape index (κ1) is 16.5. The molecule has 0 bridgehead atoms. The van der Waals surface area contributed by atoms with E-state index < -0.39 is 5.41 Å². The van der Waals surface area contributed by atoms with Crippen molar-refractivity contribution in [2.24, 2.45) is 17.1 Å².